The molecule has 0 bridgehead atoms. The second-order valence-electron chi connectivity index (χ2n) is 8.96. The molecule has 0 unspecified atom stereocenters. The third kappa shape index (κ3) is 6.28. The quantitative estimate of drug-likeness (QED) is 0.240. The summed E-state index contributed by atoms with van der Waals surface area (Å²) in [4.78, 5) is 12.6. The Balaban J connectivity index is 1.53. The van der Waals surface area contributed by atoms with Gasteiger partial charge in [-0.2, -0.15) is 0 Å². The zero-order valence-electron chi connectivity index (χ0n) is 20.9. The normalized spacial score (nSPS) is 11.1. The molecule has 0 aliphatic heterocycles. The van der Waals surface area contributed by atoms with Gasteiger partial charge in [-0.25, -0.2) is 4.79 Å². The van der Waals surface area contributed by atoms with Gasteiger partial charge in [0.25, 0.3) is 0 Å². The highest BCUT2D eigenvalue weighted by atomic mass is 35.5. The summed E-state index contributed by atoms with van der Waals surface area (Å²) in [5, 5.41) is 16.0. The molecule has 0 atom stereocenters. The van der Waals surface area contributed by atoms with E-state index >= 15 is 0 Å². The van der Waals surface area contributed by atoms with Crippen LogP contribution < -0.4 is 10.6 Å². The van der Waals surface area contributed by atoms with E-state index in [9.17, 15) is 4.79 Å². The molecule has 3 aromatic carbocycles. The topological polar surface area (TPSA) is 71.8 Å². The van der Waals surface area contributed by atoms with Gasteiger partial charge in [-0.05, 0) is 66.3 Å². The molecule has 0 aliphatic rings. The maximum atomic E-state index is 12.6. The minimum absolute atomic E-state index is 0.208. The highest BCUT2D eigenvalue weighted by Gasteiger charge is 2.18. The fourth-order valence-electron chi connectivity index (χ4n) is 3.77. The van der Waals surface area contributed by atoms with Crippen molar-refractivity contribution in [1.82, 2.24) is 20.1 Å². The number of rotatable bonds is 8. The first-order valence-corrected chi connectivity index (χ1v) is 13.2. The van der Waals surface area contributed by atoms with Crippen LogP contribution in [0.1, 0.15) is 47.8 Å². The van der Waals surface area contributed by atoms with E-state index in [0.29, 0.717) is 16.8 Å². The van der Waals surface area contributed by atoms with Crippen LogP contribution >= 0.6 is 23.4 Å². The maximum Gasteiger partial charge on any atom is 0.319 e. The number of hydrogen-bond donors (Lipinski definition) is 2. The summed E-state index contributed by atoms with van der Waals surface area (Å²) < 4.78 is 1.97. The number of urea groups is 1. The smallest absolute Gasteiger partial charge is 0.319 e. The Bertz CT molecular complexity index is 1350. The van der Waals surface area contributed by atoms with Crippen molar-refractivity contribution in [1.29, 1.82) is 0 Å². The van der Waals surface area contributed by atoms with Crippen LogP contribution in [0, 0.1) is 13.8 Å². The standard InChI is InChI=1S/C28H30ClN5OS/c1-18(2)21-10-13-24(14-11-21)31-27(35)30-16-26-32-33-28(36-17-22-8-6-5-7-19(22)3)34(26)25-15-23(29)12-9-20(25)4/h5-15,18H,16-17H2,1-4H3,(H2,30,31,35). The maximum absolute atomic E-state index is 12.6. The summed E-state index contributed by atoms with van der Waals surface area (Å²) in [5.74, 6) is 1.81. The minimum Gasteiger partial charge on any atom is -0.331 e. The molecule has 2 N–H and O–H groups in total. The summed E-state index contributed by atoms with van der Waals surface area (Å²) >= 11 is 7.94. The molecule has 4 rings (SSSR count). The molecule has 0 radical (unpaired) electrons. The van der Waals surface area contributed by atoms with Crippen molar-refractivity contribution >= 4 is 35.1 Å². The monoisotopic (exact) mass is 519 g/mol. The predicted molar refractivity (Wildman–Crippen MR) is 148 cm³/mol. The van der Waals surface area contributed by atoms with Gasteiger partial charge in [0.2, 0.25) is 0 Å². The number of carbonyl (C=O) groups is 1. The number of amides is 2. The molecule has 0 aliphatic carbocycles. The van der Waals surface area contributed by atoms with Gasteiger partial charge in [-0.15, -0.1) is 10.2 Å². The number of anilines is 1. The van der Waals surface area contributed by atoms with Crippen LogP contribution in [-0.4, -0.2) is 20.8 Å². The van der Waals surface area contributed by atoms with E-state index in [0.717, 1.165) is 27.8 Å². The van der Waals surface area contributed by atoms with E-state index in [4.69, 9.17) is 11.6 Å². The zero-order valence-corrected chi connectivity index (χ0v) is 22.5. The molecule has 0 saturated carbocycles. The molecule has 0 saturated heterocycles. The largest absolute Gasteiger partial charge is 0.331 e. The summed E-state index contributed by atoms with van der Waals surface area (Å²) in [6, 6.07) is 21.6. The molecular weight excluding hydrogens is 490 g/mol. The van der Waals surface area contributed by atoms with Gasteiger partial charge in [0.1, 0.15) is 0 Å². The van der Waals surface area contributed by atoms with Crippen LogP contribution in [0.4, 0.5) is 10.5 Å². The van der Waals surface area contributed by atoms with E-state index in [1.807, 2.05) is 66.1 Å². The number of aryl methyl sites for hydroxylation is 2. The van der Waals surface area contributed by atoms with Crippen LogP contribution in [0.2, 0.25) is 5.02 Å². The lowest BCUT2D eigenvalue weighted by Crippen LogP contribution is -2.29. The van der Waals surface area contributed by atoms with E-state index in [1.54, 1.807) is 11.8 Å². The van der Waals surface area contributed by atoms with E-state index in [2.05, 4.69) is 53.7 Å². The molecule has 36 heavy (non-hydrogen) atoms. The van der Waals surface area contributed by atoms with Crippen LogP contribution in [0.5, 0.6) is 0 Å². The van der Waals surface area contributed by atoms with Crippen LogP contribution in [0.25, 0.3) is 5.69 Å². The van der Waals surface area contributed by atoms with E-state index in [1.165, 1.54) is 16.7 Å². The number of thioether (sulfide) groups is 1. The number of aromatic nitrogens is 3. The number of benzene rings is 3. The van der Waals surface area contributed by atoms with Crippen molar-refractivity contribution in [3.05, 3.63) is 99.8 Å². The lowest BCUT2D eigenvalue weighted by Gasteiger charge is -2.14. The lowest BCUT2D eigenvalue weighted by molar-refractivity contribution is 0.251. The van der Waals surface area contributed by atoms with Crippen molar-refractivity contribution in [3.8, 4) is 5.69 Å². The molecule has 4 aromatic rings. The minimum atomic E-state index is -0.307. The molecular formula is C28H30ClN5OS. The third-order valence-corrected chi connectivity index (χ3v) is 7.19. The number of halogens is 1. The Labute approximate surface area is 221 Å². The Hall–Kier alpha value is -3.29. The molecule has 0 spiro atoms. The molecule has 8 heteroatoms. The van der Waals surface area contributed by atoms with Gasteiger partial charge in [0.05, 0.1) is 12.2 Å². The van der Waals surface area contributed by atoms with Gasteiger partial charge in [0, 0.05) is 16.5 Å². The van der Waals surface area contributed by atoms with Crippen molar-refractivity contribution in [2.45, 2.75) is 51.1 Å². The Morgan fingerprint density at radius 2 is 1.75 bits per heavy atom. The molecule has 6 nitrogen and oxygen atoms in total. The SMILES string of the molecule is Cc1ccccc1CSc1nnc(CNC(=O)Nc2ccc(C(C)C)cc2)n1-c1cc(Cl)ccc1C. The van der Waals surface area contributed by atoms with Gasteiger partial charge in [0.15, 0.2) is 11.0 Å². The zero-order chi connectivity index (χ0) is 25.7. The second-order valence-corrected chi connectivity index (χ2v) is 10.3. The number of nitrogens with one attached hydrogen (secondary N) is 2. The van der Waals surface area contributed by atoms with E-state index in [-0.39, 0.29) is 12.6 Å². The van der Waals surface area contributed by atoms with Crippen molar-refractivity contribution in [2.75, 3.05) is 5.32 Å². The van der Waals surface area contributed by atoms with Crippen molar-refractivity contribution in [2.24, 2.45) is 0 Å². The average molecular weight is 520 g/mol. The summed E-state index contributed by atoms with van der Waals surface area (Å²) in [6.07, 6.45) is 0. The fourth-order valence-corrected chi connectivity index (χ4v) is 4.98. The molecule has 0 fully saturated rings. The third-order valence-electron chi connectivity index (χ3n) is 5.97. The van der Waals surface area contributed by atoms with Gasteiger partial charge < -0.3 is 10.6 Å². The Morgan fingerprint density at radius 1 is 1.00 bits per heavy atom. The van der Waals surface area contributed by atoms with Crippen LogP contribution in [-0.2, 0) is 12.3 Å². The van der Waals surface area contributed by atoms with Crippen molar-refractivity contribution < 1.29 is 4.79 Å². The molecule has 1 aromatic heterocycles. The highest BCUT2D eigenvalue weighted by molar-refractivity contribution is 7.98. The van der Waals surface area contributed by atoms with Crippen LogP contribution in [0.15, 0.2) is 71.9 Å². The fraction of sp³-hybridized carbons (Fsp3) is 0.250. The molecule has 186 valence electrons. The number of carbonyl (C=O) groups excluding carboxylic acids is 1. The predicted octanol–water partition coefficient (Wildman–Crippen LogP) is 7.27. The van der Waals surface area contributed by atoms with E-state index < -0.39 is 0 Å². The number of nitrogens with zero attached hydrogens (tertiary/aromatic N) is 3. The summed E-state index contributed by atoms with van der Waals surface area (Å²) in [5.41, 5.74) is 6.35. The Kier molecular flexibility index (Phi) is 8.33. The van der Waals surface area contributed by atoms with Gasteiger partial charge >= 0.3 is 6.03 Å². The first kappa shape index (κ1) is 25.8. The number of hydrogen-bond acceptors (Lipinski definition) is 4. The molecule has 1 heterocycles. The Morgan fingerprint density at radius 3 is 2.47 bits per heavy atom. The van der Waals surface area contributed by atoms with Crippen LogP contribution in [0.3, 0.4) is 0 Å². The average Bonchev–Trinajstić information content (AvgIpc) is 3.26. The van der Waals surface area contributed by atoms with Gasteiger partial charge in [-0.3, -0.25) is 4.57 Å². The van der Waals surface area contributed by atoms with Gasteiger partial charge in [-0.1, -0.05) is 79.7 Å². The highest BCUT2D eigenvalue weighted by Crippen LogP contribution is 2.29. The second kappa shape index (κ2) is 11.6. The summed E-state index contributed by atoms with van der Waals surface area (Å²) in [6.45, 7) is 8.61. The molecule has 2 amide bonds. The first-order valence-electron chi connectivity index (χ1n) is 11.8. The lowest BCUT2D eigenvalue weighted by atomic mass is 10.0. The summed E-state index contributed by atoms with van der Waals surface area (Å²) in [7, 11) is 0. The van der Waals surface area contributed by atoms with Crippen molar-refractivity contribution in [3.63, 3.8) is 0 Å². The first-order chi connectivity index (χ1) is 17.3.